The van der Waals surface area contributed by atoms with E-state index in [1.807, 2.05) is 0 Å². The van der Waals surface area contributed by atoms with Gasteiger partial charge in [-0.3, -0.25) is 9.59 Å². The van der Waals surface area contributed by atoms with Crippen LogP contribution in [0.1, 0.15) is 31.4 Å². The lowest BCUT2D eigenvalue weighted by Gasteiger charge is -2.25. The molecule has 0 radical (unpaired) electrons. The fourth-order valence-electron chi connectivity index (χ4n) is 1.63. The molecule has 1 N–H and O–H groups in total. The first-order valence-electron chi connectivity index (χ1n) is 5.65. The zero-order chi connectivity index (χ0) is 13.7. The third kappa shape index (κ3) is 3.55. The summed E-state index contributed by atoms with van der Waals surface area (Å²) in [5.41, 5.74) is 0.420. The molecule has 98 valence electrons. The van der Waals surface area contributed by atoms with Gasteiger partial charge >= 0.3 is 5.97 Å². The number of nitrogens with zero attached hydrogens (tertiary/aromatic N) is 1. The number of carbonyl (C=O) groups excluding carboxylic acids is 1. The quantitative estimate of drug-likeness (QED) is 0.875. The Bertz CT molecular complexity index is 448. The van der Waals surface area contributed by atoms with Crippen LogP contribution >= 0.6 is 0 Å². The van der Waals surface area contributed by atoms with E-state index in [4.69, 9.17) is 5.11 Å². The van der Waals surface area contributed by atoms with Crippen molar-refractivity contribution < 1.29 is 19.1 Å². The zero-order valence-electron chi connectivity index (χ0n) is 10.4. The van der Waals surface area contributed by atoms with E-state index in [9.17, 15) is 14.0 Å². The number of amides is 1. The maximum absolute atomic E-state index is 13.5. The van der Waals surface area contributed by atoms with E-state index in [1.165, 1.54) is 11.0 Å². The summed E-state index contributed by atoms with van der Waals surface area (Å²) in [4.78, 5) is 23.5. The summed E-state index contributed by atoms with van der Waals surface area (Å²) in [5, 5.41) is 8.51. The molecule has 1 aromatic carbocycles. The molecule has 18 heavy (non-hydrogen) atoms. The van der Waals surface area contributed by atoms with Crippen LogP contribution in [-0.2, 0) is 9.59 Å². The Kier molecular flexibility index (Phi) is 4.83. The molecule has 4 nitrogen and oxygen atoms in total. The number of rotatable bonds is 5. The van der Waals surface area contributed by atoms with Crippen molar-refractivity contribution in [3.63, 3.8) is 0 Å². The number of hydrogen-bond acceptors (Lipinski definition) is 2. The first-order valence-corrected chi connectivity index (χ1v) is 5.65. The lowest BCUT2D eigenvalue weighted by molar-refractivity contribution is -0.141. The molecule has 1 aromatic rings. The largest absolute Gasteiger partial charge is 0.481 e. The minimum atomic E-state index is -1.02. The molecule has 1 rings (SSSR count). The minimum Gasteiger partial charge on any atom is -0.481 e. The van der Waals surface area contributed by atoms with E-state index in [-0.39, 0.29) is 24.6 Å². The van der Waals surface area contributed by atoms with E-state index < -0.39 is 12.0 Å². The van der Waals surface area contributed by atoms with Gasteiger partial charge in [0.2, 0.25) is 5.91 Å². The van der Waals surface area contributed by atoms with Gasteiger partial charge < -0.3 is 10.0 Å². The van der Waals surface area contributed by atoms with E-state index in [0.29, 0.717) is 5.56 Å². The van der Waals surface area contributed by atoms with Crippen LogP contribution in [-0.4, -0.2) is 28.9 Å². The molecule has 0 aromatic heterocycles. The van der Waals surface area contributed by atoms with Crippen LogP contribution in [0.3, 0.4) is 0 Å². The van der Waals surface area contributed by atoms with Gasteiger partial charge in [-0.15, -0.1) is 0 Å². The highest BCUT2D eigenvalue weighted by Crippen LogP contribution is 2.22. The maximum Gasteiger partial charge on any atom is 0.303 e. The number of carboxylic acid groups (broad SMARTS) is 1. The molecule has 1 amide bonds. The van der Waals surface area contributed by atoms with Crippen molar-refractivity contribution in [2.45, 2.75) is 25.8 Å². The van der Waals surface area contributed by atoms with Crippen LogP contribution in [0.25, 0.3) is 0 Å². The van der Waals surface area contributed by atoms with Gasteiger partial charge in [0.1, 0.15) is 5.82 Å². The molecule has 0 bridgehead atoms. The van der Waals surface area contributed by atoms with Crippen molar-refractivity contribution in [3.8, 4) is 0 Å². The highest BCUT2D eigenvalue weighted by molar-refractivity contribution is 5.80. The lowest BCUT2D eigenvalue weighted by Crippen LogP contribution is -2.30. The molecular weight excluding hydrogens is 237 g/mol. The van der Waals surface area contributed by atoms with Gasteiger partial charge in [0.15, 0.2) is 0 Å². The average Bonchev–Trinajstić information content (AvgIpc) is 2.34. The van der Waals surface area contributed by atoms with Crippen molar-refractivity contribution in [1.82, 2.24) is 4.90 Å². The molecule has 0 saturated heterocycles. The molecule has 0 spiro atoms. The van der Waals surface area contributed by atoms with Crippen molar-refractivity contribution in [2.75, 3.05) is 7.05 Å². The summed E-state index contributed by atoms with van der Waals surface area (Å²) >= 11 is 0. The molecule has 0 aliphatic heterocycles. The number of carboxylic acids is 1. The van der Waals surface area contributed by atoms with Gasteiger partial charge in [0.05, 0.1) is 12.5 Å². The van der Waals surface area contributed by atoms with Gasteiger partial charge in [-0.25, -0.2) is 4.39 Å². The van der Waals surface area contributed by atoms with E-state index in [2.05, 4.69) is 0 Å². The molecule has 1 unspecified atom stereocenters. The molecule has 0 heterocycles. The second-order valence-electron chi connectivity index (χ2n) is 4.10. The van der Waals surface area contributed by atoms with Crippen LogP contribution < -0.4 is 0 Å². The monoisotopic (exact) mass is 253 g/mol. The minimum absolute atomic E-state index is 0.0787. The van der Waals surface area contributed by atoms with Gasteiger partial charge in [0.25, 0.3) is 0 Å². The lowest BCUT2D eigenvalue weighted by atomic mass is 10.1. The third-order valence-electron chi connectivity index (χ3n) is 2.88. The molecule has 5 heteroatoms. The average molecular weight is 253 g/mol. The molecule has 1 atom stereocenters. The summed E-state index contributed by atoms with van der Waals surface area (Å²) < 4.78 is 13.5. The predicted octanol–water partition coefficient (Wildman–Crippen LogP) is 2.21. The standard InChI is InChI=1S/C13H16FNO3/c1-9(10-5-3-4-6-11(10)14)15(2)12(16)7-8-13(17)18/h3-6,9H,7-8H2,1-2H3,(H,17,18). The number of benzene rings is 1. The highest BCUT2D eigenvalue weighted by Gasteiger charge is 2.20. The Morgan fingerprint density at radius 1 is 1.33 bits per heavy atom. The molecule has 0 aliphatic rings. The smallest absolute Gasteiger partial charge is 0.303 e. The predicted molar refractivity (Wildman–Crippen MR) is 64.5 cm³/mol. The fraction of sp³-hybridized carbons (Fsp3) is 0.385. The SMILES string of the molecule is CC(c1ccccc1F)N(C)C(=O)CCC(=O)O. The van der Waals surface area contributed by atoms with Gasteiger partial charge in [-0.1, -0.05) is 18.2 Å². The topological polar surface area (TPSA) is 57.6 Å². The van der Waals surface area contributed by atoms with E-state index >= 15 is 0 Å². The van der Waals surface area contributed by atoms with Crippen molar-refractivity contribution in [1.29, 1.82) is 0 Å². The number of aliphatic carboxylic acids is 1. The first-order chi connectivity index (χ1) is 8.43. The maximum atomic E-state index is 13.5. The highest BCUT2D eigenvalue weighted by atomic mass is 19.1. The number of carbonyl (C=O) groups is 2. The summed E-state index contributed by atoms with van der Waals surface area (Å²) in [6.07, 6.45) is -0.294. The Morgan fingerprint density at radius 3 is 2.50 bits per heavy atom. The van der Waals surface area contributed by atoms with Gasteiger partial charge in [-0.2, -0.15) is 0 Å². The van der Waals surface area contributed by atoms with Crippen molar-refractivity contribution in [3.05, 3.63) is 35.6 Å². The molecular formula is C13H16FNO3. The molecule has 0 aliphatic carbocycles. The van der Waals surface area contributed by atoms with Crippen LogP contribution in [0.15, 0.2) is 24.3 Å². The fourth-order valence-corrected chi connectivity index (χ4v) is 1.63. The van der Waals surface area contributed by atoms with Gasteiger partial charge in [-0.05, 0) is 13.0 Å². The van der Waals surface area contributed by atoms with Crippen LogP contribution in [0.5, 0.6) is 0 Å². The zero-order valence-corrected chi connectivity index (χ0v) is 10.4. The van der Waals surface area contributed by atoms with Crippen LogP contribution in [0.2, 0.25) is 0 Å². The Morgan fingerprint density at radius 2 is 1.94 bits per heavy atom. The normalized spacial score (nSPS) is 11.9. The van der Waals surface area contributed by atoms with Gasteiger partial charge in [0, 0.05) is 19.0 Å². The Labute approximate surface area is 105 Å². The number of hydrogen-bond donors (Lipinski definition) is 1. The van der Waals surface area contributed by atoms with Crippen molar-refractivity contribution >= 4 is 11.9 Å². The first kappa shape index (κ1) is 14.2. The Hall–Kier alpha value is -1.91. The molecule has 0 fully saturated rings. The van der Waals surface area contributed by atoms with E-state index in [1.54, 1.807) is 32.2 Å². The third-order valence-corrected chi connectivity index (χ3v) is 2.88. The summed E-state index contributed by atoms with van der Waals surface area (Å²) in [6.45, 7) is 1.71. The second kappa shape index (κ2) is 6.14. The summed E-state index contributed by atoms with van der Waals surface area (Å²) in [7, 11) is 1.54. The molecule has 0 saturated carbocycles. The van der Waals surface area contributed by atoms with Crippen LogP contribution in [0.4, 0.5) is 4.39 Å². The number of halogens is 1. The summed E-state index contributed by atoms with van der Waals surface area (Å²) in [6, 6.07) is 5.80. The summed E-state index contributed by atoms with van der Waals surface area (Å²) in [5.74, 6) is -1.70. The second-order valence-corrected chi connectivity index (χ2v) is 4.10. The van der Waals surface area contributed by atoms with E-state index in [0.717, 1.165) is 0 Å². The Balaban J connectivity index is 2.72. The van der Waals surface area contributed by atoms with Crippen molar-refractivity contribution in [2.24, 2.45) is 0 Å². The van der Waals surface area contributed by atoms with Crippen LogP contribution in [0, 0.1) is 5.82 Å².